The molecule has 2 rings (SSSR count). The van der Waals surface area contributed by atoms with Crippen LogP contribution in [-0.2, 0) is 0 Å². The molecule has 0 amide bonds. The molecule has 0 heterocycles. The van der Waals surface area contributed by atoms with Crippen LogP contribution in [0.1, 0.15) is 39.0 Å². The van der Waals surface area contributed by atoms with Gasteiger partial charge in [0.25, 0.3) is 0 Å². The lowest BCUT2D eigenvalue weighted by Crippen LogP contribution is -2.55. The first-order valence-corrected chi connectivity index (χ1v) is 5.59. The van der Waals surface area contributed by atoms with Gasteiger partial charge in [-0.3, -0.25) is 0 Å². The molecule has 3 N–H and O–H groups in total. The van der Waals surface area contributed by atoms with Gasteiger partial charge >= 0.3 is 0 Å². The standard InChI is InChI=1S/C11H21NO/c1-8-5-9-3-2-4-10(6-9)11(8,13)7-12/h8-10,13H,2-7,12H2,1H3. The summed E-state index contributed by atoms with van der Waals surface area (Å²) in [5.41, 5.74) is 5.17. The SMILES string of the molecule is CC1CC2CCCC(C2)C1(O)CN. The molecule has 4 unspecified atom stereocenters. The van der Waals surface area contributed by atoms with E-state index in [0.29, 0.717) is 18.4 Å². The van der Waals surface area contributed by atoms with Crippen molar-refractivity contribution in [1.29, 1.82) is 0 Å². The molecular weight excluding hydrogens is 162 g/mol. The zero-order valence-corrected chi connectivity index (χ0v) is 8.50. The molecule has 2 aliphatic rings. The molecule has 0 aliphatic heterocycles. The Labute approximate surface area is 80.5 Å². The van der Waals surface area contributed by atoms with E-state index in [1.54, 1.807) is 0 Å². The van der Waals surface area contributed by atoms with Crippen LogP contribution in [0.3, 0.4) is 0 Å². The van der Waals surface area contributed by atoms with Gasteiger partial charge in [-0.25, -0.2) is 0 Å². The number of aliphatic hydroxyl groups is 1. The normalized spacial score (nSPS) is 50.5. The largest absolute Gasteiger partial charge is 0.388 e. The highest BCUT2D eigenvalue weighted by Crippen LogP contribution is 2.47. The van der Waals surface area contributed by atoms with Gasteiger partial charge in [-0.15, -0.1) is 0 Å². The van der Waals surface area contributed by atoms with E-state index in [4.69, 9.17) is 5.73 Å². The molecule has 2 nitrogen and oxygen atoms in total. The summed E-state index contributed by atoms with van der Waals surface area (Å²) in [7, 11) is 0. The molecule has 2 fully saturated rings. The van der Waals surface area contributed by atoms with Gasteiger partial charge in [-0.1, -0.05) is 19.8 Å². The molecular formula is C11H21NO. The molecule has 4 atom stereocenters. The number of rotatable bonds is 1. The third-order valence-electron chi connectivity index (χ3n) is 4.36. The summed E-state index contributed by atoms with van der Waals surface area (Å²) in [5, 5.41) is 10.4. The van der Waals surface area contributed by atoms with Gasteiger partial charge in [0.05, 0.1) is 5.60 Å². The molecule has 0 aromatic carbocycles. The van der Waals surface area contributed by atoms with E-state index in [1.807, 2.05) is 0 Å². The van der Waals surface area contributed by atoms with Gasteiger partial charge in [0.1, 0.15) is 0 Å². The maximum atomic E-state index is 10.4. The average Bonchev–Trinajstić information content (AvgIpc) is 2.15. The van der Waals surface area contributed by atoms with E-state index in [0.717, 1.165) is 5.92 Å². The van der Waals surface area contributed by atoms with Crippen LogP contribution in [0.2, 0.25) is 0 Å². The lowest BCUT2D eigenvalue weighted by Gasteiger charge is -2.49. The second-order valence-electron chi connectivity index (χ2n) is 5.06. The Morgan fingerprint density at radius 2 is 2.15 bits per heavy atom. The fraction of sp³-hybridized carbons (Fsp3) is 1.00. The van der Waals surface area contributed by atoms with Crippen LogP contribution in [0.5, 0.6) is 0 Å². The summed E-state index contributed by atoms with van der Waals surface area (Å²) in [6.07, 6.45) is 6.27. The maximum Gasteiger partial charge on any atom is 0.0822 e. The first kappa shape index (κ1) is 9.47. The van der Waals surface area contributed by atoms with Gasteiger partial charge in [-0.2, -0.15) is 0 Å². The Kier molecular flexibility index (Phi) is 2.37. The molecule has 0 saturated heterocycles. The summed E-state index contributed by atoms with van der Waals surface area (Å²) >= 11 is 0. The van der Waals surface area contributed by atoms with Gasteiger partial charge in [0, 0.05) is 6.54 Å². The predicted molar refractivity (Wildman–Crippen MR) is 53.2 cm³/mol. The predicted octanol–water partition coefficient (Wildman–Crippen LogP) is 1.52. The van der Waals surface area contributed by atoms with E-state index in [9.17, 15) is 5.11 Å². The highest BCUT2D eigenvalue weighted by atomic mass is 16.3. The van der Waals surface area contributed by atoms with E-state index in [1.165, 1.54) is 32.1 Å². The van der Waals surface area contributed by atoms with Crippen molar-refractivity contribution < 1.29 is 5.11 Å². The molecule has 0 aromatic rings. The minimum absolute atomic E-state index is 0.404. The average molecular weight is 183 g/mol. The molecule has 2 aliphatic carbocycles. The van der Waals surface area contributed by atoms with Crippen molar-refractivity contribution in [2.75, 3.05) is 6.54 Å². The third-order valence-corrected chi connectivity index (χ3v) is 4.36. The zero-order valence-electron chi connectivity index (χ0n) is 8.50. The first-order valence-electron chi connectivity index (χ1n) is 5.59. The van der Waals surface area contributed by atoms with Crippen LogP contribution >= 0.6 is 0 Å². The third kappa shape index (κ3) is 1.40. The topological polar surface area (TPSA) is 46.2 Å². The van der Waals surface area contributed by atoms with Crippen LogP contribution in [-0.4, -0.2) is 17.3 Å². The molecule has 2 saturated carbocycles. The van der Waals surface area contributed by atoms with Crippen molar-refractivity contribution in [1.82, 2.24) is 0 Å². The summed E-state index contributed by atoms with van der Waals surface area (Å²) < 4.78 is 0. The van der Waals surface area contributed by atoms with Crippen LogP contribution in [0.25, 0.3) is 0 Å². The second-order valence-corrected chi connectivity index (χ2v) is 5.06. The monoisotopic (exact) mass is 183 g/mol. The van der Waals surface area contributed by atoms with Crippen LogP contribution in [0, 0.1) is 17.8 Å². The minimum Gasteiger partial charge on any atom is -0.388 e. The number of hydrogen-bond acceptors (Lipinski definition) is 2. The van der Waals surface area contributed by atoms with Gasteiger partial charge in [-0.05, 0) is 37.0 Å². The summed E-state index contributed by atoms with van der Waals surface area (Å²) in [6, 6.07) is 0. The Hall–Kier alpha value is -0.0800. The molecule has 76 valence electrons. The summed E-state index contributed by atoms with van der Waals surface area (Å²) in [4.78, 5) is 0. The minimum atomic E-state index is -0.545. The molecule has 13 heavy (non-hydrogen) atoms. The van der Waals surface area contributed by atoms with E-state index in [2.05, 4.69) is 6.92 Å². The van der Waals surface area contributed by atoms with Gasteiger partial charge < -0.3 is 10.8 Å². The Balaban J connectivity index is 2.17. The number of hydrogen-bond donors (Lipinski definition) is 2. The zero-order chi connectivity index (χ0) is 9.47. The number of nitrogens with two attached hydrogens (primary N) is 1. The first-order chi connectivity index (χ1) is 6.16. The quantitative estimate of drug-likeness (QED) is 0.647. The van der Waals surface area contributed by atoms with Crippen molar-refractivity contribution in [3.8, 4) is 0 Å². The fourth-order valence-corrected chi connectivity index (χ4v) is 3.43. The van der Waals surface area contributed by atoms with Crippen molar-refractivity contribution in [3.05, 3.63) is 0 Å². The Bertz CT molecular complexity index is 193. The van der Waals surface area contributed by atoms with E-state index >= 15 is 0 Å². The maximum absolute atomic E-state index is 10.4. The molecule has 0 radical (unpaired) electrons. The van der Waals surface area contributed by atoms with Gasteiger partial charge in [0.2, 0.25) is 0 Å². The van der Waals surface area contributed by atoms with E-state index in [-0.39, 0.29) is 0 Å². The van der Waals surface area contributed by atoms with Crippen molar-refractivity contribution in [2.45, 2.75) is 44.6 Å². The summed E-state index contributed by atoms with van der Waals surface area (Å²) in [6.45, 7) is 2.61. The summed E-state index contributed by atoms with van der Waals surface area (Å²) in [5.74, 6) is 1.77. The molecule has 0 aromatic heterocycles. The Morgan fingerprint density at radius 1 is 1.38 bits per heavy atom. The smallest absolute Gasteiger partial charge is 0.0822 e. The lowest BCUT2D eigenvalue weighted by atomic mass is 9.60. The lowest BCUT2D eigenvalue weighted by molar-refractivity contribution is -0.110. The van der Waals surface area contributed by atoms with Gasteiger partial charge in [0.15, 0.2) is 0 Å². The van der Waals surface area contributed by atoms with Crippen LogP contribution in [0.15, 0.2) is 0 Å². The van der Waals surface area contributed by atoms with E-state index < -0.39 is 5.60 Å². The van der Waals surface area contributed by atoms with Crippen molar-refractivity contribution in [2.24, 2.45) is 23.5 Å². The number of fused-ring (bicyclic) bond motifs is 2. The highest BCUT2D eigenvalue weighted by molar-refractivity contribution is 4.99. The van der Waals surface area contributed by atoms with Crippen molar-refractivity contribution >= 4 is 0 Å². The van der Waals surface area contributed by atoms with Crippen molar-refractivity contribution in [3.63, 3.8) is 0 Å². The molecule has 2 heteroatoms. The molecule has 0 spiro atoms. The second kappa shape index (κ2) is 3.25. The van der Waals surface area contributed by atoms with Crippen LogP contribution < -0.4 is 5.73 Å². The fourth-order valence-electron chi connectivity index (χ4n) is 3.43. The highest BCUT2D eigenvalue weighted by Gasteiger charge is 2.47. The molecule has 2 bridgehead atoms. The van der Waals surface area contributed by atoms with Crippen LogP contribution in [0.4, 0.5) is 0 Å². The Morgan fingerprint density at radius 3 is 2.85 bits per heavy atom.